The number of nitrogens with zero attached hydrogens (tertiary/aromatic N) is 5. The number of aromatic nitrogens is 4. The number of rotatable bonds is 4. The predicted octanol–water partition coefficient (Wildman–Crippen LogP) is 2.64. The maximum Gasteiger partial charge on any atom is 0.235 e. The Morgan fingerprint density at radius 1 is 1.35 bits per heavy atom. The number of hydrogen-bond donors (Lipinski definition) is 0. The molecule has 3 rings (SSSR count). The Bertz CT molecular complexity index is 695. The van der Waals surface area contributed by atoms with Crippen molar-refractivity contribution in [3.8, 4) is 0 Å². The van der Waals surface area contributed by atoms with E-state index in [1.54, 1.807) is 10.9 Å². The molecule has 0 aromatic carbocycles. The molecule has 2 heterocycles. The fraction of sp³-hybridized carbons (Fsp3) is 0.625. The van der Waals surface area contributed by atoms with E-state index in [1.165, 1.54) is 37.4 Å². The molecule has 7 heteroatoms. The van der Waals surface area contributed by atoms with Crippen molar-refractivity contribution in [2.75, 3.05) is 7.05 Å². The summed E-state index contributed by atoms with van der Waals surface area (Å²) in [5.41, 5.74) is 0.794. The molecule has 0 bridgehead atoms. The van der Waals surface area contributed by atoms with Crippen LogP contribution in [-0.2, 0) is 11.8 Å². The van der Waals surface area contributed by atoms with Gasteiger partial charge in [-0.05, 0) is 19.8 Å². The van der Waals surface area contributed by atoms with Crippen LogP contribution in [0, 0.1) is 0 Å². The number of amides is 1. The van der Waals surface area contributed by atoms with Crippen LogP contribution in [0.15, 0.2) is 17.6 Å². The van der Waals surface area contributed by atoms with Gasteiger partial charge in [0.25, 0.3) is 0 Å². The number of fused-ring (bicyclic) bond motifs is 1. The van der Waals surface area contributed by atoms with Crippen LogP contribution in [-0.4, -0.2) is 48.9 Å². The Hall–Kier alpha value is -1.63. The van der Waals surface area contributed by atoms with Gasteiger partial charge in [-0.3, -0.25) is 9.48 Å². The fourth-order valence-electron chi connectivity index (χ4n) is 3.19. The van der Waals surface area contributed by atoms with Gasteiger partial charge < -0.3 is 4.90 Å². The lowest BCUT2D eigenvalue weighted by atomic mass is 9.94. The summed E-state index contributed by atoms with van der Waals surface area (Å²) in [6.45, 7) is 1.95. The van der Waals surface area contributed by atoms with Gasteiger partial charge in [-0.15, -0.1) is 0 Å². The zero-order chi connectivity index (χ0) is 16.4. The standard InChI is InChI=1S/C16H23N5OS/c1-11(16(22)20(2)12-7-5-4-6-8-12)23-15-13-9-19-21(3)14(13)17-10-18-15/h9-12H,4-8H2,1-3H3/t11-/m1/s1. The van der Waals surface area contributed by atoms with Crippen LogP contribution in [0.1, 0.15) is 39.0 Å². The molecule has 0 aliphatic heterocycles. The van der Waals surface area contributed by atoms with Crippen LogP contribution in [0.4, 0.5) is 0 Å². The number of hydrogen-bond acceptors (Lipinski definition) is 5. The van der Waals surface area contributed by atoms with Gasteiger partial charge in [0.05, 0.1) is 16.8 Å². The molecule has 124 valence electrons. The normalized spacial score (nSPS) is 17.3. The van der Waals surface area contributed by atoms with Crippen molar-refractivity contribution >= 4 is 28.7 Å². The summed E-state index contributed by atoms with van der Waals surface area (Å²) in [7, 11) is 3.80. The third-order valence-electron chi connectivity index (χ3n) is 4.60. The molecule has 0 N–H and O–H groups in total. The van der Waals surface area contributed by atoms with Crippen molar-refractivity contribution in [1.29, 1.82) is 0 Å². The Labute approximate surface area is 140 Å². The van der Waals surface area contributed by atoms with Crippen molar-refractivity contribution in [2.24, 2.45) is 7.05 Å². The van der Waals surface area contributed by atoms with Crippen LogP contribution >= 0.6 is 11.8 Å². The summed E-state index contributed by atoms with van der Waals surface area (Å²) in [4.78, 5) is 23.3. The van der Waals surface area contributed by atoms with Crippen molar-refractivity contribution in [1.82, 2.24) is 24.6 Å². The Morgan fingerprint density at radius 3 is 2.83 bits per heavy atom. The largest absolute Gasteiger partial charge is 0.342 e. The molecule has 0 radical (unpaired) electrons. The SMILES string of the molecule is C[C@@H](Sc1ncnc2c1cnn2C)C(=O)N(C)C1CCCCC1. The van der Waals surface area contributed by atoms with E-state index in [9.17, 15) is 4.79 Å². The second-order valence-electron chi connectivity index (χ2n) is 6.19. The first-order valence-corrected chi connectivity index (χ1v) is 9.02. The highest BCUT2D eigenvalue weighted by Gasteiger charge is 2.27. The van der Waals surface area contributed by atoms with Gasteiger partial charge in [-0.2, -0.15) is 5.10 Å². The molecule has 1 saturated carbocycles. The molecule has 6 nitrogen and oxygen atoms in total. The Kier molecular flexibility index (Phi) is 4.84. The molecular weight excluding hydrogens is 310 g/mol. The number of carbonyl (C=O) groups is 1. The van der Waals surface area contributed by atoms with Gasteiger partial charge in [-0.1, -0.05) is 31.0 Å². The Morgan fingerprint density at radius 2 is 2.09 bits per heavy atom. The van der Waals surface area contributed by atoms with Crippen molar-refractivity contribution in [3.05, 3.63) is 12.5 Å². The van der Waals surface area contributed by atoms with Gasteiger partial charge in [0.2, 0.25) is 5.91 Å². The van der Waals surface area contributed by atoms with E-state index >= 15 is 0 Å². The van der Waals surface area contributed by atoms with Crippen molar-refractivity contribution in [3.63, 3.8) is 0 Å². The molecule has 0 unspecified atom stereocenters. The van der Waals surface area contributed by atoms with Crippen LogP contribution in [0.25, 0.3) is 11.0 Å². The fourth-order valence-corrected chi connectivity index (χ4v) is 4.17. The van der Waals surface area contributed by atoms with Gasteiger partial charge in [-0.25, -0.2) is 9.97 Å². The number of thioether (sulfide) groups is 1. The molecule has 0 saturated heterocycles. The van der Waals surface area contributed by atoms with E-state index in [1.807, 2.05) is 25.9 Å². The smallest absolute Gasteiger partial charge is 0.235 e. The maximum absolute atomic E-state index is 12.7. The molecule has 0 spiro atoms. The lowest BCUT2D eigenvalue weighted by molar-refractivity contribution is -0.131. The molecule has 2 aromatic heterocycles. The van der Waals surface area contributed by atoms with Gasteiger partial charge in [0.1, 0.15) is 11.4 Å². The first-order valence-electron chi connectivity index (χ1n) is 8.14. The molecular formula is C16H23N5OS. The quantitative estimate of drug-likeness (QED) is 0.636. The molecule has 1 amide bonds. The minimum Gasteiger partial charge on any atom is -0.342 e. The van der Waals surface area contributed by atoms with Crippen LogP contribution in [0.2, 0.25) is 0 Å². The molecule has 1 aliphatic carbocycles. The molecule has 1 atom stereocenters. The predicted molar refractivity (Wildman–Crippen MR) is 91.3 cm³/mol. The highest BCUT2D eigenvalue weighted by Crippen LogP contribution is 2.30. The zero-order valence-electron chi connectivity index (χ0n) is 13.9. The zero-order valence-corrected chi connectivity index (χ0v) is 14.7. The lowest BCUT2D eigenvalue weighted by Gasteiger charge is -2.32. The highest BCUT2D eigenvalue weighted by atomic mass is 32.2. The summed E-state index contributed by atoms with van der Waals surface area (Å²) in [5, 5.41) is 5.78. The average molecular weight is 333 g/mol. The average Bonchev–Trinajstić information content (AvgIpc) is 2.97. The lowest BCUT2D eigenvalue weighted by Crippen LogP contribution is -2.42. The Balaban J connectivity index is 1.72. The summed E-state index contributed by atoms with van der Waals surface area (Å²) in [6.07, 6.45) is 9.30. The van der Waals surface area contributed by atoms with E-state index in [0.717, 1.165) is 28.9 Å². The van der Waals surface area contributed by atoms with Gasteiger partial charge in [0, 0.05) is 20.1 Å². The van der Waals surface area contributed by atoms with E-state index < -0.39 is 0 Å². The minimum atomic E-state index is -0.166. The summed E-state index contributed by atoms with van der Waals surface area (Å²) < 4.78 is 1.72. The van der Waals surface area contributed by atoms with E-state index in [0.29, 0.717) is 6.04 Å². The third-order valence-corrected chi connectivity index (χ3v) is 5.70. The van der Waals surface area contributed by atoms with Gasteiger partial charge >= 0.3 is 0 Å². The second-order valence-corrected chi connectivity index (χ2v) is 7.51. The molecule has 23 heavy (non-hydrogen) atoms. The minimum absolute atomic E-state index is 0.166. The number of aryl methyl sites for hydroxylation is 1. The first-order chi connectivity index (χ1) is 11.1. The second kappa shape index (κ2) is 6.86. The topological polar surface area (TPSA) is 63.9 Å². The maximum atomic E-state index is 12.7. The highest BCUT2D eigenvalue weighted by molar-refractivity contribution is 8.00. The molecule has 1 fully saturated rings. The van der Waals surface area contributed by atoms with Crippen molar-refractivity contribution < 1.29 is 4.79 Å². The summed E-state index contributed by atoms with van der Waals surface area (Å²) in [6, 6.07) is 0.392. The first kappa shape index (κ1) is 16.2. The van der Waals surface area contributed by atoms with E-state index in [4.69, 9.17) is 0 Å². The van der Waals surface area contributed by atoms with Gasteiger partial charge in [0.15, 0.2) is 5.65 Å². The molecule has 2 aromatic rings. The van der Waals surface area contributed by atoms with Crippen molar-refractivity contribution in [2.45, 2.75) is 55.3 Å². The van der Waals surface area contributed by atoms with Crippen LogP contribution < -0.4 is 0 Å². The monoisotopic (exact) mass is 333 g/mol. The molecule has 1 aliphatic rings. The third kappa shape index (κ3) is 3.34. The number of carbonyl (C=O) groups excluding carboxylic acids is 1. The van der Waals surface area contributed by atoms with Crippen LogP contribution in [0.3, 0.4) is 0 Å². The summed E-state index contributed by atoms with van der Waals surface area (Å²) in [5.74, 6) is 0.178. The van der Waals surface area contributed by atoms with E-state index in [2.05, 4.69) is 15.1 Å². The summed E-state index contributed by atoms with van der Waals surface area (Å²) >= 11 is 1.49. The van der Waals surface area contributed by atoms with E-state index in [-0.39, 0.29) is 11.2 Å². The van der Waals surface area contributed by atoms with Crippen LogP contribution in [0.5, 0.6) is 0 Å².